The molecule has 0 bridgehead atoms. The van der Waals surface area contributed by atoms with Gasteiger partial charge in [0.15, 0.2) is 0 Å². The number of nitriles is 1. The third-order valence-electron chi connectivity index (χ3n) is 3.30. The predicted molar refractivity (Wildman–Crippen MR) is 94.1 cm³/mol. The van der Waals surface area contributed by atoms with E-state index in [9.17, 15) is 13.2 Å². The van der Waals surface area contributed by atoms with Gasteiger partial charge in [0.2, 0.25) is 0 Å². The van der Waals surface area contributed by atoms with E-state index in [0.717, 1.165) is 0 Å². The van der Waals surface area contributed by atoms with E-state index >= 15 is 0 Å². The van der Waals surface area contributed by atoms with Crippen LogP contribution in [0.1, 0.15) is 17.2 Å². The zero-order valence-corrected chi connectivity index (χ0v) is 15.5. The number of halogens is 1. The maximum Gasteiger partial charge on any atom is 0.264 e. The molecule has 3 N–H and O–H groups in total. The molecule has 0 aliphatic rings. The monoisotopic (exact) mass is 423 g/mol. The van der Waals surface area contributed by atoms with Gasteiger partial charge >= 0.3 is 0 Å². The van der Waals surface area contributed by atoms with Crippen LogP contribution in [0.4, 0.5) is 0 Å². The van der Waals surface area contributed by atoms with Crippen LogP contribution in [0.3, 0.4) is 0 Å². The summed E-state index contributed by atoms with van der Waals surface area (Å²) in [6.07, 6.45) is 0. The Kier molecular flexibility index (Phi) is 5.79. The Morgan fingerprint density at radius 3 is 2.48 bits per heavy atom. The van der Waals surface area contributed by atoms with E-state index in [0.29, 0.717) is 15.8 Å². The molecule has 2 aromatic rings. The number of nitrogens with two attached hydrogens (primary N) is 1. The molecule has 2 rings (SSSR count). The van der Waals surface area contributed by atoms with Gasteiger partial charge in [-0.25, -0.2) is 13.1 Å². The largest absolute Gasteiger partial charge is 0.497 e. The molecule has 0 spiro atoms. The molecule has 1 amide bonds. The summed E-state index contributed by atoms with van der Waals surface area (Å²) in [4.78, 5) is 12.0. The van der Waals surface area contributed by atoms with Crippen molar-refractivity contribution in [2.75, 3.05) is 7.11 Å². The summed E-state index contributed by atoms with van der Waals surface area (Å²) in [6.45, 7) is 0. The number of methoxy groups -OCH3 is 1. The third kappa shape index (κ3) is 4.57. The summed E-state index contributed by atoms with van der Waals surface area (Å²) in [5.74, 6) is -0.300. The summed E-state index contributed by atoms with van der Waals surface area (Å²) >= 11 is 3.13. The molecule has 9 heteroatoms. The van der Waals surface area contributed by atoms with Crippen molar-refractivity contribution in [3.63, 3.8) is 0 Å². The van der Waals surface area contributed by atoms with Crippen LogP contribution in [0, 0.1) is 11.3 Å². The highest BCUT2D eigenvalue weighted by Gasteiger charge is 2.24. The molecule has 0 saturated heterocycles. The molecule has 25 heavy (non-hydrogen) atoms. The molecule has 0 aromatic heterocycles. The van der Waals surface area contributed by atoms with Crippen molar-refractivity contribution in [1.29, 1.82) is 5.26 Å². The zero-order chi connectivity index (χ0) is 18.6. The Balaban J connectivity index is 2.23. The lowest BCUT2D eigenvalue weighted by Crippen LogP contribution is -2.38. The van der Waals surface area contributed by atoms with E-state index in [-0.39, 0.29) is 10.5 Å². The average Bonchev–Trinajstić information content (AvgIpc) is 2.60. The van der Waals surface area contributed by atoms with Crippen molar-refractivity contribution in [3.8, 4) is 11.8 Å². The highest BCUT2D eigenvalue weighted by Crippen LogP contribution is 2.20. The van der Waals surface area contributed by atoms with Crippen molar-refractivity contribution in [2.45, 2.75) is 10.9 Å². The Morgan fingerprint density at radius 2 is 1.92 bits per heavy atom. The number of ether oxygens (including phenoxy) is 1. The van der Waals surface area contributed by atoms with Gasteiger partial charge in [-0.15, -0.1) is 0 Å². The van der Waals surface area contributed by atoms with Gasteiger partial charge in [-0.1, -0.05) is 28.1 Å². The number of carbonyl (C=O) groups is 1. The molecule has 7 nitrogen and oxygen atoms in total. The molecule has 130 valence electrons. The Bertz CT molecular complexity index is 937. The zero-order valence-electron chi connectivity index (χ0n) is 13.1. The van der Waals surface area contributed by atoms with Crippen LogP contribution in [0.5, 0.6) is 5.75 Å². The van der Waals surface area contributed by atoms with E-state index in [1.807, 2.05) is 10.8 Å². The van der Waals surface area contributed by atoms with Gasteiger partial charge in [-0.05, 0) is 35.9 Å². The molecular formula is C16H14BrN3O4S. The van der Waals surface area contributed by atoms with Gasteiger partial charge in [0.25, 0.3) is 15.9 Å². The SMILES string of the molecule is COc1ccc(C(N)C(=O)NS(=O)(=O)c2cc(Br)cc(C#N)c2)cc1. The second-order valence-electron chi connectivity index (χ2n) is 5.01. The molecule has 0 aliphatic carbocycles. The van der Waals surface area contributed by atoms with Crippen LogP contribution in [-0.2, 0) is 14.8 Å². The first-order valence-corrected chi connectivity index (χ1v) is 9.21. The van der Waals surface area contributed by atoms with Gasteiger partial charge in [0.1, 0.15) is 11.8 Å². The first-order valence-electron chi connectivity index (χ1n) is 6.93. The normalized spacial score (nSPS) is 12.1. The maximum atomic E-state index is 12.4. The number of sulfonamides is 1. The van der Waals surface area contributed by atoms with Gasteiger partial charge < -0.3 is 10.5 Å². The summed E-state index contributed by atoms with van der Waals surface area (Å²) in [7, 11) is -2.66. The molecular weight excluding hydrogens is 410 g/mol. The Hall–Kier alpha value is -2.41. The van der Waals surface area contributed by atoms with Crippen molar-refractivity contribution < 1.29 is 17.9 Å². The molecule has 1 atom stereocenters. The lowest BCUT2D eigenvalue weighted by molar-refractivity contribution is -0.120. The van der Waals surface area contributed by atoms with Crippen LogP contribution in [0.25, 0.3) is 0 Å². The minimum absolute atomic E-state index is 0.140. The van der Waals surface area contributed by atoms with Crippen LogP contribution in [-0.4, -0.2) is 21.4 Å². The van der Waals surface area contributed by atoms with Crippen molar-refractivity contribution >= 4 is 31.9 Å². The van der Waals surface area contributed by atoms with E-state index in [4.69, 9.17) is 15.7 Å². The number of amides is 1. The fourth-order valence-corrected chi connectivity index (χ4v) is 3.72. The number of hydrogen-bond donors (Lipinski definition) is 2. The van der Waals surface area contributed by atoms with Crippen LogP contribution >= 0.6 is 15.9 Å². The van der Waals surface area contributed by atoms with E-state index < -0.39 is 22.0 Å². The number of hydrogen-bond acceptors (Lipinski definition) is 6. The molecule has 0 aliphatic heterocycles. The molecule has 0 saturated carbocycles. The molecule has 0 fully saturated rings. The van der Waals surface area contributed by atoms with Crippen LogP contribution in [0.15, 0.2) is 51.8 Å². The lowest BCUT2D eigenvalue weighted by Gasteiger charge is -2.14. The standard InChI is InChI=1S/C16H14BrN3O4S/c1-24-13-4-2-11(3-5-13)15(19)16(21)20-25(22,23)14-7-10(9-18)6-12(17)8-14/h2-8,15H,19H2,1H3,(H,20,21). The number of rotatable bonds is 5. The van der Waals surface area contributed by atoms with Crippen LogP contribution < -0.4 is 15.2 Å². The molecule has 0 heterocycles. The average molecular weight is 424 g/mol. The van der Waals surface area contributed by atoms with Gasteiger partial charge in [0.05, 0.1) is 23.6 Å². The van der Waals surface area contributed by atoms with Gasteiger partial charge in [-0.2, -0.15) is 5.26 Å². The minimum atomic E-state index is -4.17. The van der Waals surface area contributed by atoms with Crippen molar-refractivity contribution in [3.05, 3.63) is 58.1 Å². The summed E-state index contributed by atoms with van der Waals surface area (Å²) in [5, 5.41) is 8.93. The quantitative estimate of drug-likeness (QED) is 0.755. The number of benzene rings is 2. The minimum Gasteiger partial charge on any atom is -0.497 e. The second kappa shape index (κ2) is 7.65. The first-order chi connectivity index (χ1) is 11.8. The summed E-state index contributed by atoms with van der Waals surface area (Å²) in [5.41, 5.74) is 6.39. The Morgan fingerprint density at radius 1 is 1.28 bits per heavy atom. The van der Waals surface area contributed by atoms with E-state index in [1.54, 1.807) is 24.3 Å². The predicted octanol–water partition coefficient (Wildman–Crippen LogP) is 1.83. The Labute approximate surface area is 153 Å². The topological polar surface area (TPSA) is 122 Å². The molecule has 2 aromatic carbocycles. The molecule has 0 radical (unpaired) electrons. The smallest absolute Gasteiger partial charge is 0.264 e. The fraction of sp³-hybridized carbons (Fsp3) is 0.125. The summed E-state index contributed by atoms with van der Waals surface area (Å²) in [6, 6.07) is 11.0. The maximum absolute atomic E-state index is 12.4. The number of carbonyl (C=O) groups excluding carboxylic acids is 1. The number of nitrogens with one attached hydrogen (secondary N) is 1. The van der Waals surface area contributed by atoms with E-state index in [1.165, 1.54) is 25.3 Å². The highest BCUT2D eigenvalue weighted by molar-refractivity contribution is 9.10. The second-order valence-corrected chi connectivity index (χ2v) is 7.61. The van der Waals surface area contributed by atoms with Gasteiger partial charge in [0, 0.05) is 4.47 Å². The number of nitrogens with zero attached hydrogens (tertiary/aromatic N) is 1. The van der Waals surface area contributed by atoms with Gasteiger partial charge in [-0.3, -0.25) is 4.79 Å². The lowest BCUT2D eigenvalue weighted by atomic mass is 10.1. The third-order valence-corrected chi connectivity index (χ3v) is 5.09. The highest BCUT2D eigenvalue weighted by atomic mass is 79.9. The molecule has 1 unspecified atom stereocenters. The first kappa shape index (κ1) is 18.9. The van der Waals surface area contributed by atoms with E-state index in [2.05, 4.69) is 15.9 Å². The summed E-state index contributed by atoms with van der Waals surface area (Å²) < 4.78 is 32.1. The fourth-order valence-electron chi connectivity index (χ4n) is 2.00. The van der Waals surface area contributed by atoms with Crippen molar-refractivity contribution in [1.82, 2.24) is 4.72 Å². The van der Waals surface area contributed by atoms with Crippen LogP contribution in [0.2, 0.25) is 0 Å². The van der Waals surface area contributed by atoms with Crippen molar-refractivity contribution in [2.24, 2.45) is 5.73 Å².